The molecule has 1 fully saturated rings. The first-order valence-corrected chi connectivity index (χ1v) is 10.7. The Balaban J connectivity index is 1.98. The average Bonchev–Trinajstić information content (AvgIpc) is 2.68. The van der Waals surface area contributed by atoms with E-state index in [2.05, 4.69) is 9.88 Å². The van der Waals surface area contributed by atoms with Crippen molar-refractivity contribution in [1.82, 2.24) is 14.2 Å². The molecule has 1 saturated heterocycles. The molecule has 0 aliphatic carbocycles. The maximum atomic E-state index is 12.3. The molecule has 1 aliphatic heterocycles. The zero-order valence-electron chi connectivity index (χ0n) is 13.4. The highest BCUT2D eigenvalue weighted by molar-refractivity contribution is 7.90. The third kappa shape index (κ3) is 4.52. The number of aromatic nitrogens is 1. The van der Waals surface area contributed by atoms with Gasteiger partial charge in [-0.3, -0.25) is 0 Å². The van der Waals surface area contributed by atoms with Gasteiger partial charge in [-0.2, -0.15) is 0 Å². The fourth-order valence-corrected chi connectivity index (χ4v) is 5.60. The van der Waals surface area contributed by atoms with Crippen molar-refractivity contribution < 1.29 is 21.4 Å². The molecule has 2 rings (SSSR count). The Morgan fingerprint density at radius 3 is 2.22 bits per heavy atom. The molecule has 1 aromatic rings. The van der Waals surface area contributed by atoms with Gasteiger partial charge in [-0.25, -0.2) is 25.9 Å². The number of hydrogen-bond acceptors (Lipinski definition) is 6. The second-order valence-electron chi connectivity index (χ2n) is 5.68. The molecule has 0 radical (unpaired) electrons. The molecule has 0 aromatic carbocycles. The van der Waals surface area contributed by atoms with E-state index in [4.69, 9.17) is 4.52 Å². The van der Waals surface area contributed by atoms with Crippen molar-refractivity contribution in [2.45, 2.75) is 44.4 Å². The van der Waals surface area contributed by atoms with Crippen LogP contribution in [0.1, 0.15) is 37.1 Å². The lowest BCUT2D eigenvalue weighted by molar-refractivity contribution is 0.390. The molecule has 8 nitrogen and oxygen atoms in total. The lowest BCUT2D eigenvalue weighted by Crippen LogP contribution is -2.38. The number of rotatable bonds is 6. The van der Waals surface area contributed by atoms with Crippen molar-refractivity contribution in [3.8, 4) is 0 Å². The van der Waals surface area contributed by atoms with Gasteiger partial charge in [0.15, 0.2) is 5.76 Å². The fourth-order valence-electron chi connectivity index (χ4n) is 2.68. The van der Waals surface area contributed by atoms with Gasteiger partial charge in [-0.1, -0.05) is 18.0 Å². The third-order valence-corrected chi connectivity index (χ3v) is 7.42. The predicted octanol–water partition coefficient (Wildman–Crippen LogP) is 0.776. The Bertz CT molecular complexity index is 712. The molecular weight excluding hydrogens is 342 g/mol. The zero-order valence-corrected chi connectivity index (χ0v) is 15.0. The lowest BCUT2D eigenvalue weighted by atomic mass is 10.2. The summed E-state index contributed by atoms with van der Waals surface area (Å²) in [6.07, 6.45) is 3.77. The van der Waals surface area contributed by atoms with E-state index in [1.165, 1.54) is 18.2 Å². The van der Waals surface area contributed by atoms with Crippen LogP contribution in [0.3, 0.4) is 0 Å². The molecule has 1 aromatic heterocycles. The molecule has 0 saturated carbocycles. The van der Waals surface area contributed by atoms with Crippen LogP contribution in [0.4, 0.5) is 0 Å². The maximum Gasteiger partial charge on any atom is 0.245 e. The Morgan fingerprint density at radius 1 is 1.09 bits per heavy atom. The summed E-state index contributed by atoms with van der Waals surface area (Å²) in [6.45, 7) is 3.88. The second kappa shape index (κ2) is 7.29. The van der Waals surface area contributed by atoms with Crippen LogP contribution in [-0.2, 0) is 20.0 Å². The topological polar surface area (TPSA) is 110 Å². The molecule has 23 heavy (non-hydrogen) atoms. The van der Waals surface area contributed by atoms with E-state index in [1.54, 1.807) is 0 Å². The van der Waals surface area contributed by atoms with Crippen LogP contribution < -0.4 is 4.72 Å². The highest BCUT2D eigenvalue weighted by Crippen LogP contribution is 2.18. The van der Waals surface area contributed by atoms with E-state index in [-0.39, 0.29) is 28.6 Å². The monoisotopic (exact) mass is 365 g/mol. The van der Waals surface area contributed by atoms with Crippen LogP contribution >= 0.6 is 0 Å². The van der Waals surface area contributed by atoms with E-state index in [1.807, 2.05) is 0 Å². The van der Waals surface area contributed by atoms with Crippen molar-refractivity contribution in [2.24, 2.45) is 0 Å². The smallest absolute Gasteiger partial charge is 0.245 e. The van der Waals surface area contributed by atoms with Gasteiger partial charge in [0.2, 0.25) is 20.0 Å². The predicted molar refractivity (Wildman–Crippen MR) is 85.0 cm³/mol. The first-order chi connectivity index (χ1) is 10.7. The highest BCUT2D eigenvalue weighted by Gasteiger charge is 2.26. The molecule has 10 heteroatoms. The van der Waals surface area contributed by atoms with Gasteiger partial charge in [-0.15, -0.1) is 0 Å². The standard InChI is InChI=1S/C13H23N3O5S2/c1-11-13(12(2)21-15-11)23(19,20)14-7-10-22(17,18)16-8-5-3-4-6-9-16/h14H,3-10H2,1-2H3. The maximum absolute atomic E-state index is 12.3. The van der Waals surface area contributed by atoms with Crippen molar-refractivity contribution >= 4 is 20.0 Å². The number of sulfonamides is 2. The normalized spacial score (nSPS) is 18.0. The van der Waals surface area contributed by atoms with Crippen molar-refractivity contribution in [3.05, 3.63) is 11.5 Å². The first kappa shape index (κ1) is 18.4. The number of nitrogens with zero attached hydrogens (tertiary/aromatic N) is 2. The molecule has 0 spiro atoms. The third-order valence-electron chi connectivity index (χ3n) is 3.85. The van der Waals surface area contributed by atoms with Crippen LogP contribution in [-0.4, -0.2) is 51.7 Å². The summed E-state index contributed by atoms with van der Waals surface area (Å²) < 4.78 is 57.7. The molecule has 0 unspecified atom stereocenters. The van der Waals surface area contributed by atoms with E-state index >= 15 is 0 Å². The Hall–Kier alpha value is -0.970. The number of aryl methyl sites for hydroxylation is 2. The van der Waals surface area contributed by atoms with E-state index in [0.717, 1.165) is 25.7 Å². The van der Waals surface area contributed by atoms with Gasteiger partial charge >= 0.3 is 0 Å². The molecule has 1 aliphatic rings. The largest absolute Gasteiger partial charge is 0.360 e. The fraction of sp³-hybridized carbons (Fsp3) is 0.769. The minimum Gasteiger partial charge on any atom is -0.360 e. The van der Waals surface area contributed by atoms with Gasteiger partial charge < -0.3 is 4.52 Å². The summed E-state index contributed by atoms with van der Waals surface area (Å²) in [7, 11) is -7.28. The van der Waals surface area contributed by atoms with Crippen molar-refractivity contribution in [2.75, 3.05) is 25.4 Å². The lowest BCUT2D eigenvalue weighted by Gasteiger charge is -2.19. The Morgan fingerprint density at radius 2 is 1.70 bits per heavy atom. The molecule has 0 atom stereocenters. The molecule has 1 N–H and O–H groups in total. The Kier molecular flexibility index (Phi) is 5.82. The van der Waals surface area contributed by atoms with Gasteiger partial charge in [-0.05, 0) is 26.7 Å². The molecular formula is C13H23N3O5S2. The van der Waals surface area contributed by atoms with E-state index in [0.29, 0.717) is 13.1 Å². The first-order valence-electron chi connectivity index (χ1n) is 7.64. The van der Waals surface area contributed by atoms with Crippen LogP contribution in [0, 0.1) is 13.8 Å². The van der Waals surface area contributed by atoms with Crippen molar-refractivity contribution in [1.29, 1.82) is 0 Å². The second-order valence-corrected chi connectivity index (χ2v) is 9.47. The minimum absolute atomic E-state index is 0.0235. The highest BCUT2D eigenvalue weighted by atomic mass is 32.2. The van der Waals surface area contributed by atoms with E-state index < -0.39 is 20.0 Å². The average molecular weight is 365 g/mol. The van der Waals surface area contributed by atoms with Crippen LogP contribution in [0.25, 0.3) is 0 Å². The van der Waals surface area contributed by atoms with Gasteiger partial charge in [0.25, 0.3) is 0 Å². The summed E-state index contributed by atoms with van der Waals surface area (Å²) in [6, 6.07) is 0. The van der Waals surface area contributed by atoms with Gasteiger partial charge in [0.05, 0.1) is 5.75 Å². The van der Waals surface area contributed by atoms with Crippen LogP contribution in [0.5, 0.6) is 0 Å². The summed E-state index contributed by atoms with van der Waals surface area (Å²) in [5.41, 5.74) is 0.255. The minimum atomic E-state index is -3.83. The summed E-state index contributed by atoms with van der Waals surface area (Å²) in [5, 5.41) is 3.60. The van der Waals surface area contributed by atoms with Gasteiger partial charge in [0.1, 0.15) is 10.6 Å². The molecule has 132 valence electrons. The van der Waals surface area contributed by atoms with Crippen LogP contribution in [0.2, 0.25) is 0 Å². The summed E-state index contributed by atoms with van der Waals surface area (Å²) in [5.74, 6) is -0.0688. The zero-order chi connectivity index (χ0) is 17.1. The van der Waals surface area contributed by atoms with Crippen molar-refractivity contribution in [3.63, 3.8) is 0 Å². The quantitative estimate of drug-likeness (QED) is 0.797. The van der Waals surface area contributed by atoms with Gasteiger partial charge in [0, 0.05) is 19.6 Å². The number of hydrogen-bond donors (Lipinski definition) is 1. The van der Waals surface area contributed by atoms with E-state index in [9.17, 15) is 16.8 Å². The molecule has 0 bridgehead atoms. The Labute approximate surface area is 137 Å². The molecule has 2 heterocycles. The summed E-state index contributed by atoms with van der Waals surface area (Å²) >= 11 is 0. The molecule has 0 amide bonds. The SMILES string of the molecule is Cc1noc(C)c1S(=O)(=O)NCCS(=O)(=O)N1CCCCCC1. The number of nitrogens with one attached hydrogen (secondary N) is 1. The summed E-state index contributed by atoms with van der Waals surface area (Å²) in [4.78, 5) is -0.0235. The van der Waals surface area contributed by atoms with Crippen LogP contribution in [0.15, 0.2) is 9.42 Å².